The van der Waals surface area contributed by atoms with E-state index in [-0.39, 0.29) is 24.0 Å². The molecule has 31 heavy (non-hydrogen) atoms. The smallest absolute Gasteiger partial charge is 0.241 e. The topological polar surface area (TPSA) is 94.2 Å². The van der Waals surface area contributed by atoms with Crippen molar-refractivity contribution in [2.45, 2.75) is 31.9 Å². The fourth-order valence-electron chi connectivity index (χ4n) is 3.67. The van der Waals surface area contributed by atoms with Crippen molar-refractivity contribution >= 4 is 21.6 Å². The Morgan fingerprint density at radius 3 is 2.55 bits per heavy atom. The van der Waals surface area contributed by atoms with Crippen molar-refractivity contribution in [2.24, 2.45) is 0 Å². The molecule has 2 aromatic rings. The van der Waals surface area contributed by atoms with Crippen LogP contribution < -0.4 is 23.8 Å². The Balaban J connectivity index is 1.87. The van der Waals surface area contributed by atoms with Crippen LogP contribution in [0.2, 0.25) is 0 Å². The molecule has 2 aromatic carbocycles. The van der Waals surface area contributed by atoms with Gasteiger partial charge in [-0.15, -0.1) is 0 Å². The molecule has 1 atom stereocenters. The lowest BCUT2D eigenvalue weighted by Crippen LogP contribution is -2.45. The summed E-state index contributed by atoms with van der Waals surface area (Å²) in [6.45, 7) is 3.52. The summed E-state index contributed by atoms with van der Waals surface area (Å²) < 4.78 is 42.6. The van der Waals surface area contributed by atoms with Gasteiger partial charge in [-0.1, -0.05) is 18.2 Å². The number of rotatable bonds is 7. The van der Waals surface area contributed by atoms with Gasteiger partial charge in [-0.3, -0.25) is 9.10 Å². The molecule has 8 nitrogen and oxygen atoms in total. The van der Waals surface area contributed by atoms with Gasteiger partial charge in [0, 0.05) is 18.1 Å². The minimum absolute atomic E-state index is 0.258. The van der Waals surface area contributed by atoms with Crippen LogP contribution in [0.4, 0.5) is 5.69 Å². The van der Waals surface area contributed by atoms with Crippen molar-refractivity contribution in [3.8, 4) is 17.2 Å². The van der Waals surface area contributed by atoms with Crippen LogP contribution in [0.25, 0.3) is 0 Å². The molecule has 1 unspecified atom stereocenters. The molecule has 1 heterocycles. The Bertz CT molecular complexity index is 1070. The summed E-state index contributed by atoms with van der Waals surface area (Å²) in [6.07, 6.45) is 1.61. The third kappa shape index (κ3) is 5.22. The van der Waals surface area contributed by atoms with E-state index in [2.05, 4.69) is 5.32 Å². The first-order valence-corrected chi connectivity index (χ1v) is 11.7. The zero-order valence-corrected chi connectivity index (χ0v) is 19.2. The van der Waals surface area contributed by atoms with Gasteiger partial charge < -0.3 is 19.5 Å². The zero-order chi connectivity index (χ0) is 22.8. The van der Waals surface area contributed by atoms with Crippen LogP contribution in [0, 0.1) is 0 Å². The molecule has 168 valence electrons. The lowest BCUT2D eigenvalue weighted by atomic mass is 9.89. The molecule has 0 saturated carbocycles. The maximum atomic E-state index is 13.0. The Morgan fingerprint density at radius 1 is 1.19 bits per heavy atom. The summed E-state index contributed by atoms with van der Waals surface area (Å²) >= 11 is 0. The number of amides is 1. The average Bonchev–Trinajstić information content (AvgIpc) is 2.70. The minimum Gasteiger partial charge on any atom is -0.497 e. The number of methoxy groups -OCH3 is 2. The van der Waals surface area contributed by atoms with Crippen LogP contribution in [-0.4, -0.2) is 46.9 Å². The second kappa shape index (κ2) is 8.66. The van der Waals surface area contributed by atoms with Crippen molar-refractivity contribution in [1.82, 2.24) is 5.32 Å². The van der Waals surface area contributed by atoms with Gasteiger partial charge in [-0.2, -0.15) is 0 Å². The van der Waals surface area contributed by atoms with E-state index >= 15 is 0 Å². The van der Waals surface area contributed by atoms with Crippen LogP contribution >= 0.6 is 0 Å². The molecule has 0 spiro atoms. The molecule has 0 bridgehead atoms. The van der Waals surface area contributed by atoms with E-state index in [4.69, 9.17) is 14.2 Å². The number of hydrogen-bond acceptors (Lipinski definition) is 6. The highest BCUT2D eigenvalue weighted by Crippen LogP contribution is 2.39. The Hall–Kier alpha value is -2.94. The molecule has 1 N–H and O–H groups in total. The lowest BCUT2D eigenvalue weighted by molar-refractivity contribution is -0.120. The van der Waals surface area contributed by atoms with Crippen LogP contribution in [0.5, 0.6) is 17.2 Å². The van der Waals surface area contributed by atoms with Gasteiger partial charge in [0.1, 0.15) is 29.4 Å². The highest BCUT2D eigenvalue weighted by molar-refractivity contribution is 7.92. The van der Waals surface area contributed by atoms with Gasteiger partial charge in [0.25, 0.3) is 0 Å². The number of nitrogens with zero attached hydrogens (tertiary/aromatic N) is 1. The van der Waals surface area contributed by atoms with Crippen LogP contribution in [-0.2, 0) is 14.8 Å². The number of ether oxygens (including phenoxy) is 3. The molecule has 0 radical (unpaired) electrons. The fraction of sp³-hybridized carbons (Fsp3) is 0.409. The number of fused-ring (bicyclic) bond motifs is 1. The van der Waals surface area contributed by atoms with Crippen molar-refractivity contribution in [2.75, 3.05) is 31.3 Å². The molecular weight excluding hydrogens is 420 g/mol. The second-order valence-electron chi connectivity index (χ2n) is 8.03. The third-order valence-electron chi connectivity index (χ3n) is 5.05. The molecule has 1 aliphatic rings. The Morgan fingerprint density at radius 2 is 1.90 bits per heavy atom. The van der Waals surface area contributed by atoms with E-state index in [0.717, 1.165) is 16.1 Å². The largest absolute Gasteiger partial charge is 0.497 e. The van der Waals surface area contributed by atoms with Crippen LogP contribution in [0.3, 0.4) is 0 Å². The average molecular weight is 449 g/mol. The zero-order valence-electron chi connectivity index (χ0n) is 18.3. The monoisotopic (exact) mass is 448 g/mol. The normalized spacial score (nSPS) is 17.1. The number of hydrogen-bond donors (Lipinski definition) is 1. The summed E-state index contributed by atoms with van der Waals surface area (Å²) in [5, 5.41) is 2.97. The van der Waals surface area contributed by atoms with Gasteiger partial charge in [0.05, 0.1) is 32.2 Å². The third-order valence-corrected chi connectivity index (χ3v) is 6.18. The summed E-state index contributed by atoms with van der Waals surface area (Å²) in [5.74, 6) is 1.08. The van der Waals surface area contributed by atoms with Gasteiger partial charge in [0.15, 0.2) is 0 Å². The number of nitrogens with one attached hydrogen (secondary N) is 1. The molecule has 0 aromatic heterocycles. The summed E-state index contributed by atoms with van der Waals surface area (Å²) in [4.78, 5) is 13.0. The second-order valence-corrected chi connectivity index (χ2v) is 9.94. The maximum absolute atomic E-state index is 13.0. The number of anilines is 1. The van der Waals surface area contributed by atoms with Crippen LogP contribution in [0.1, 0.15) is 31.9 Å². The van der Waals surface area contributed by atoms with Crippen molar-refractivity contribution in [1.29, 1.82) is 0 Å². The first-order valence-electron chi connectivity index (χ1n) is 9.81. The van der Waals surface area contributed by atoms with E-state index in [1.165, 1.54) is 14.2 Å². The van der Waals surface area contributed by atoms with E-state index < -0.39 is 21.5 Å². The number of carbonyl (C=O) groups is 1. The molecule has 1 amide bonds. The standard InChI is InChI=1S/C22H28N2O6S/c1-22(2)13-17(16-8-6-7-9-19(16)30-22)23-21(25)14-24(31(5,26)27)18-11-10-15(28-3)12-20(18)29-4/h6-12,17H,13-14H2,1-5H3,(H,23,25). The number of sulfonamides is 1. The van der Waals surface area contributed by atoms with Gasteiger partial charge in [-0.05, 0) is 32.0 Å². The highest BCUT2D eigenvalue weighted by Gasteiger charge is 2.35. The first kappa shape index (κ1) is 22.7. The number of para-hydroxylation sites is 1. The van der Waals surface area contributed by atoms with E-state index in [0.29, 0.717) is 17.9 Å². The molecule has 0 saturated heterocycles. The predicted molar refractivity (Wildman–Crippen MR) is 118 cm³/mol. The van der Waals surface area contributed by atoms with Gasteiger partial charge in [-0.25, -0.2) is 8.42 Å². The Labute approximate surface area is 183 Å². The molecular formula is C22H28N2O6S. The first-order chi connectivity index (χ1) is 14.5. The van der Waals surface area contributed by atoms with Crippen LogP contribution in [0.15, 0.2) is 42.5 Å². The lowest BCUT2D eigenvalue weighted by Gasteiger charge is -2.38. The highest BCUT2D eigenvalue weighted by atomic mass is 32.2. The van der Waals surface area contributed by atoms with E-state index in [1.54, 1.807) is 18.2 Å². The maximum Gasteiger partial charge on any atom is 0.241 e. The Kier molecular flexibility index (Phi) is 6.35. The fourth-order valence-corrected chi connectivity index (χ4v) is 4.53. The minimum atomic E-state index is -3.76. The number of carbonyl (C=O) groups excluding carboxylic acids is 1. The molecule has 3 rings (SSSR count). The number of benzene rings is 2. The summed E-state index contributed by atoms with van der Waals surface area (Å²) in [5.41, 5.74) is 0.652. The quantitative estimate of drug-likeness (QED) is 0.700. The van der Waals surface area contributed by atoms with E-state index in [1.807, 2.05) is 38.1 Å². The SMILES string of the molecule is COc1ccc(N(CC(=O)NC2CC(C)(C)Oc3ccccc32)S(C)(=O)=O)c(OC)c1. The van der Waals surface area contributed by atoms with Crippen molar-refractivity contribution in [3.63, 3.8) is 0 Å². The van der Waals surface area contributed by atoms with Gasteiger partial charge in [0.2, 0.25) is 15.9 Å². The van der Waals surface area contributed by atoms with E-state index in [9.17, 15) is 13.2 Å². The van der Waals surface area contributed by atoms with Crippen molar-refractivity contribution in [3.05, 3.63) is 48.0 Å². The molecule has 0 aliphatic carbocycles. The van der Waals surface area contributed by atoms with Gasteiger partial charge >= 0.3 is 0 Å². The predicted octanol–water partition coefficient (Wildman–Crippen LogP) is 2.89. The molecule has 0 fully saturated rings. The molecule has 9 heteroatoms. The summed E-state index contributed by atoms with van der Waals surface area (Å²) in [6, 6.07) is 12.0. The summed E-state index contributed by atoms with van der Waals surface area (Å²) in [7, 11) is -0.829. The molecule has 1 aliphatic heterocycles. The van der Waals surface area contributed by atoms with Crippen molar-refractivity contribution < 1.29 is 27.4 Å².